The number of alkyl halides is 3. The average Bonchev–Trinajstić information content (AvgIpc) is 3.05. The number of anilines is 2. The van der Waals surface area contributed by atoms with Crippen LogP contribution in [0.3, 0.4) is 0 Å². The molecule has 0 unspecified atom stereocenters. The van der Waals surface area contributed by atoms with Crippen LogP contribution in [0, 0.1) is 5.92 Å². The molecule has 0 aromatic heterocycles. The van der Waals surface area contributed by atoms with E-state index in [1.54, 1.807) is 13.8 Å². The van der Waals surface area contributed by atoms with Crippen LogP contribution >= 0.6 is 11.6 Å². The Bertz CT molecular complexity index is 1220. The normalized spacial score (nSPS) is 15.6. The molecule has 1 amide bonds. The van der Waals surface area contributed by atoms with E-state index in [1.165, 1.54) is 30.3 Å². The summed E-state index contributed by atoms with van der Waals surface area (Å²) in [6.45, 7) is 4.13. The Morgan fingerprint density at radius 2 is 1.75 bits per heavy atom. The first-order valence-electron chi connectivity index (χ1n) is 11.5. The number of hydrogen-bond donors (Lipinski definition) is 3. The van der Waals surface area contributed by atoms with Crippen molar-refractivity contribution in [3.8, 4) is 0 Å². The van der Waals surface area contributed by atoms with Crippen molar-refractivity contribution in [3.63, 3.8) is 0 Å². The van der Waals surface area contributed by atoms with E-state index in [1.807, 2.05) is 0 Å². The van der Waals surface area contributed by atoms with Gasteiger partial charge in [0.05, 0.1) is 21.2 Å². The second-order valence-electron chi connectivity index (χ2n) is 8.82. The second-order valence-corrected chi connectivity index (χ2v) is 10.9. The monoisotopic (exact) mass is 544 g/mol. The smallest absolute Gasteiger partial charge is 0.372 e. The van der Waals surface area contributed by atoms with Crippen molar-refractivity contribution in [1.82, 2.24) is 4.72 Å². The highest BCUT2D eigenvalue weighted by Crippen LogP contribution is 2.34. The molecule has 1 aliphatic heterocycles. The number of amidine groups is 1. The van der Waals surface area contributed by atoms with Crippen LogP contribution in [0.5, 0.6) is 0 Å². The maximum absolute atomic E-state index is 12.9. The maximum Gasteiger partial charge on any atom is 0.416 e. The van der Waals surface area contributed by atoms with Crippen LogP contribution in [-0.4, -0.2) is 32.7 Å². The molecule has 1 heterocycles. The van der Waals surface area contributed by atoms with Gasteiger partial charge in [-0.15, -0.1) is 0 Å². The number of benzene rings is 2. The molecule has 3 N–H and O–H groups in total. The van der Waals surface area contributed by atoms with E-state index in [0.29, 0.717) is 24.5 Å². The number of hydrogen-bond acceptors (Lipinski definition) is 5. The zero-order chi connectivity index (χ0) is 26.5. The molecule has 0 saturated carbocycles. The zero-order valence-corrected chi connectivity index (χ0v) is 21.4. The summed E-state index contributed by atoms with van der Waals surface area (Å²) in [6, 6.07) is 7.72. The molecule has 3 rings (SSSR count). The highest BCUT2D eigenvalue weighted by Gasteiger charge is 2.31. The number of sulfonamides is 1. The molecule has 1 aliphatic rings. The predicted octanol–water partition coefficient (Wildman–Crippen LogP) is 5.68. The number of rotatable bonds is 7. The molecule has 0 spiro atoms. The molecule has 0 saturated heterocycles. The number of nitrogens with zero attached hydrogens (tertiary/aromatic N) is 1. The van der Waals surface area contributed by atoms with Crippen molar-refractivity contribution >= 4 is 44.7 Å². The summed E-state index contributed by atoms with van der Waals surface area (Å²) in [6.07, 6.45) is -1.17. The van der Waals surface area contributed by atoms with Gasteiger partial charge in [0.15, 0.2) is 0 Å². The van der Waals surface area contributed by atoms with Gasteiger partial charge < -0.3 is 10.6 Å². The first-order chi connectivity index (χ1) is 16.9. The zero-order valence-electron chi connectivity index (χ0n) is 19.8. The number of nitrogens with one attached hydrogen (secondary N) is 3. The molecule has 0 aliphatic carbocycles. The van der Waals surface area contributed by atoms with E-state index in [2.05, 4.69) is 20.3 Å². The van der Waals surface area contributed by atoms with Crippen LogP contribution in [-0.2, 0) is 21.0 Å². The number of carbonyl (C=O) groups is 1. The largest absolute Gasteiger partial charge is 0.416 e. The van der Waals surface area contributed by atoms with Crippen LogP contribution in [0.2, 0.25) is 5.02 Å². The Morgan fingerprint density at radius 1 is 1.06 bits per heavy atom. The van der Waals surface area contributed by atoms with E-state index in [0.717, 1.165) is 31.4 Å². The van der Waals surface area contributed by atoms with Crippen LogP contribution in [0.1, 0.15) is 45.1 Å². The highest BCUT2D eigenvalue weighted by molar-refractivity contribution is 7.90. The van der Waals surface area contributed by atoms with Gasteiger partial charge in [0, 0.05) is 18.7 Å². The minimum absolute atomic E-state index is 0.0301. The van der Waals surface area contributed by atoms with Gasteiger partial charge in [-0.05, 0) is 61.2 Å². The SMILES string of the molecule is CC(C)[C@@H](Nc1ccc(C(F)(F)F)cc1Cl)C(=O)Nc1ccc(S(=O)(=O)NC2=NCCCCC2)cc1. The lowest BCUT2D eigenvalue weighted by Gasteiger charge is -2.24. The lowest BCUT2D eigenvalue weighted by molar-refractivity contribution is -0.137. The fourth-order valence-corrected chi connectivity index (χ4v) is 4.94. The van der Waals surface area contributed by atoms with Crippen molar-refractivity contribution in [3.05, 3.63) is 53.1 Å². The molecule has 1 atom stereocenters. The average molecular weight is 545 g/mol. The summed E-state index contributed by atoms with van der Waals surface area (Å²) in [7, 11) is -3.81. The van der Waals surface area contributed by atoms with Crippen LogP contribution in [0.25, 0.3) is 0 Å². The quantitative estimate of drug-likeness (QED) is 0.417. The van der Waals surface area contributed by atoms with Crippen LogP contribution in [0.15, 0.2) is 52.4 Å². The highest BCUT2D eigenvalue weighted by atomic mass is 35.5. The third-order valence-corrected chi connectivity index (χ3v) is 7.33. The number of carbonyl (C=O) groups excluding carboxylic acids is 1. The molecule has 2 aromatic carbocycles. The minimum atomic E-state index is -4.53. The lowest BCUT2D eigenvalue weighted by Crippen LogP contribution is -2.39. The molecular formula is C24H28ClF3N4O3S. The van der Waals surface area contributed by atoms with E-state index in [-0.39, 0.29) is 21.5 Å². The van der Waals surface area contributed by atoms with Crippen molar-refractivity contribution in [1.29, 1.82) is 0 Å². The number of amides is 1. The Hall–Kier alpha value is -2.79. The van der Waals surface area contributed by atoms with E-state index in [9.17, 15) is 26.4 Å². The van der Waals surface area contributed by atoms with Gasteiger partial charge in [0.2, 0.25) is 5.91 Å². The van der Waals surface area contributed by atoms with Gasteiger partial charge in [-0.2, -0.15) is 13.2 Å². The lowest BCUT2D eigenvalue weighted by atomic mass is 10.0. The van der Waals surface area contributed by atoms with Crippen LogP contribution in [0.4, 0.5) is 24.5 Å². The summed E-state index contributed by atoms with van der Waals surface area (Å²) in [5.74, 6) is -0.257. The Balaban J connectivity index is 1.69. The third-order valence-electron chi connectivity index (χ3n) is 5.62. The van der Waals surface area contributed by atoms with Gasteiger partial charge in [-0.25, -0.2) is 8.42 Å². The van der Waals surface area contributed by atoms with Crippen LogP contribution < -0.4 is 15.4 Å². The third kappa shape index (κ3) is 7.36. The molecule has 196 valence electrons. The maximum atomic E-state index is 12.9. The first kappa shape index (κ1) is 27.8. The second kappa shape index (κ2) is 11.5. The molecule has 36 heavy (non-hydrogen) atoms. The summed E-state index contributed by atoms with van der Waals surface area (Å²) in [5, 5.41) is 5.44. The van der Waals surface area contributed by atoms with Gasteiger partial charge in [-0.3, -0.25) is 14.5 Å². The molecule has 0 bridgehead atoms. The van der Waals surface area contributed by atoms with E-state index >= 15 is 0 Å². The predicted molar refractivity (Wildman–Crippen MR) is 135 cm³/mol. The molecule has 2 aromatic rings. The van der Waals surface area contributed by atoms with Gasteiger partial charge in [0.25, 0.3) is 10.0 Å². The van der Waals surface area contributed by atoms with Crippen molar-refractivity contribution < 1.29 is 26.4 Å². The molecule has 0 radical (unpaired) electrons. The fourth-order valence-electron chi connectivity index (χ4n) is 3.62. The number of halogens is 4. The minimum Gasteiger partial charge on any atom is -0.372 e. The van der Waals surface area contributed by atoms with E-state index in [4.69, 9.17) is 11.6 Å². The van der Waals surface area contributed by atoms with E-state index < -0.39 is 33.7 Å². The standard InChI is InChI=1S/C24H28ClF3N4O3S/c1-15(2)22(31-20-12-7-16(14-19(20)25)24(26,27)28)23(33)30-17-8-10-18(11-9-17)36(34,35)32-21-6-4-3-5-13-29-21/h7-12,14-15,22,31H,3-6,13H2,1-2H3,(H,29,32)(H,30,33)/t22-/m1/s1. The van der Waals surface area contributed by atoms with Gasteiger partial charge in [0.1, 0.15) is 11.9 Å². The first-order valence-corrected chi connectivity index (χ1v) is 13.3. The Labute approximate surface area is 213 Å². The summed E-state index contributed by atoms with van der Waals surface area (Å²) >= 11 is 6.02. The summed E-state index contributed by atoms with van der Waals surface area (Å²) in [5.41, 5.74) is -0.344. The summed E-state index contributed by atoms with van der Waals surface area (Å²) < 4.78 is 66.6. The molecule has 12 heteroatoms. The Kier molecular flexibility index (Phi) is 8.89. The Morgan fingerprint density at radius 3 is 2.36 bits per heavy atom. The summed E-state index contributed by atoms with van der Waals surface area (Å²) in [4.78, 5) is 17.2. The molecule has 0 fully saturated rings. The van der Waals surface area contributed by atoms with Crippen molar-refractivity contribution in [2.75, 3.05) is 17.2 Å². The number of aliphatic imine (C=N–C) groups is 1. The fraction of sp³-hybridized carbons (Fsp3) is 0.417. The van der Waals surface area contributed by atoms with Crippen molar-refractivity contribution in [2.45, 2.75) is 56.6 Å². The van der Waals surface area contributed by atoms with Gasteiger partial charge >= 0.3 is 6.18 Å². The topological polar surface area (TPSA) is 99.7 Å². The molecule has 7 nitrogen and oxygen atoms in total. The van der Waals surface area contributed by atoms with Crippen molar-refractivity contribution in [2.24, 2.45) is 10.9 Å². The van der Waals surface area contributed by atoms with Gasteiger partial charge in [-0.1, -0.05) is 31.9 Å². The molecular weight excluding hydrogens is 517 g/mol.